The number of likely N-dealkylation sites (tertiary alicyclic amines) is 1. The molecule has 0 aromatic heterocycles. The van der Waals surface area contributed by atoms with Crippen LogP contribution in [0.15, 0.2) is 30.3 Å². The Hall–Kier alpha value is -1.20. The molecule has 3 heterocycles. The fourth-order valence-corrected chi connectivity index (χ4v) is 7.89. The molecule has 1 aromatic carbocycles. The fourth-order valence-electron chi connectivity index (χ4n) is 4.96. The SMILES string of the molecule is CN1C(=O)[C@@H]2[C@@H](ON3[C@H]4[C@H](CC[C@@H]4[Se]c4ccccc4)C[C@@H]23)C1=O. The van der Waals surface area contributed by atoms with Gasteiger partial charge in [0.1, 0.15) is 0 Å². The summed E-state index contributed by atoms with van der Waals surface area (Å²) in [6, 6.07) is 11.2. The van der Waals surface area contributed by atoms with E-state index >= 15 is 0 Å². The van der Waals surface area contributed by atoms with Crippen LogP contribution in [-0.4, -0.2) is 62.0 Å². The van der Waals surface area contributed by atoms with E-state index in [1.807, 2.05) is 0 Å². The minimum atomic E-state index is -0.570. The third-order valence-corrected chi connectivity index (χ3v) is 8.90. The van der Waals surface area contributed by atoms with Gasteiger partial charge in [0.05, 0.1) is 0 Å². The topological polar surface area (TPSA) is 49.9 Å². The summed E-state index contributed by atoms with van der Waals surface area (Å²) in [4.78, 5) is 32.6. The van der Waals surface area contributed by atoms with Crippen LogP contribution in [0.25, 0.3) is 0 Å². The zero-order valence-corrected chi connectivity index (χ0v) is 15.2. The number of hydrogen-bond acceptors (Lipinski definition) is 4. The Morgan fingerprint density at radius 1 is 1.12 bits per heavy atom. The van der Waals surface area contributed by atoms with Gasteiger partial charge in [0.25, 0.3) is 0 Å². The van der Waals surface area contributed by atoms with Crippen LogP contribution in [0.5, 0.6) is 0 Å². The standard InChI is InChI=1S/C18H20N2O3Se/c1-19-17(21)14-12-9-10-7-8-13(24-11-5-3-2-4-6-11)15(10)20(12)23-16(14)18(19)22/h2-6,10,12-16H,7-9H2,1H3/t10-,12+,13+,14+,15+,16-/m1/s1. The number of nitrogens with zero attached hydrogens (tertiary/aromatic N) is 2. The van der Waals surface area contributed by atoms with Crippen LogP contribution in [0.1, 0.15) is 19.3 Å². The maximum atomic E-state index is 12.4. The van der Waals surface area contributed by atoms with Crippen molar-refractivity contribution in [2.75, 3.05) is 7.05 Å². The molecular formula is C18H20N2O3Se. The minimum absolute atomic E-state index is 0.0532. The second-order valence-electron chi connectivity index (χ2n) is 7.25. The van der Waals surface area contributed by atoms with E-state index in [4.69, 9.17) is 4.84 Å². The van der Waals surface area contributed by atoms with E-state index in [0.29, 0.717) is 31.7 Å². The third-order valence-electron chi connectivity index (χ3n) is 6.05. The number of rotatable bonds is 2. The number of hydroxylamine groups is 2. The molecule has 0 radical (unpaired) electrons. The Kier molecular flexibility index (Phi) is 3.39. The van der Waals surface area contributed by atoms with Gasteiger partial charge in [-0.2, -0.15) is 0 Å². The first-order chi connectivity index (χ1) is 11.6. The predicted molar refractivity (Wildman–Crippen MR) is 88.5 cm³/mol. The molecule has 1 aliphatic carbocycles. The number of amides is 2. The average Bonchev–Trinajstić information content (AvgIpc) is 3.27. The normalized spacial score (nSPS) is 41.0. The molecule has 5 nitrogen and oxygen atoms in total. The van der Waals surface area contributed by atoms with Gasteiger partial charge in [-0.05, 0) is 0 Å². The van der Waals surface area contributed by atoms with Crippen molar-refractivity contribution in [2.45, 2.75) is 42.3 Å². The molecule has 0 unspecified atom stereocenters. The molecular weight excluding hydrogens is 371 g/mol. The zero-order chi connectivity index (χ0) is 16.4. The van der Waals surface area contributed by atoms with Gasteiger partial charge in [0.15, 0.2) is 0 Å². The van der Waals surface area contributed by atoms with Crippen molar-refractivity contribution in [3.05, 3.63) is 30.3 Å². The van der Waals surface area contributed by atoms with E-state index in [2.05, 4.69) is 35.4 Å². The number of benzene rings is 1. The van der Waals surface area contributed by atoms with Crippen LogP contribution in [0, 0.1) is 11.8 Å². The van der Waals surface area contributed by atoms with Crippen molar-refractivity contribution in [3.8, 4) is 0 Å². The average molecular weight is 391 g/mol. The van der Waals surface area contributed by atoms with E-state index in [1.165, 1.54) is 22.2 Å². The Labute approximate surface area is 147 Å². The molecule has 5 rings (SSSR count). The number of imide groups is 1. The number of carbonyl (C=O) groups excluding carboxylic acids is 2. The Morgan fingerprint density at radius 2 is 1.92 bits per heavy atom. The van der Waals surface area contributed by atoms with E-state index in [-0.39, 0.29) is 23.8 Å². The summed E-state index contributed by atoms with van der Waals surface area (Å²) in [5.41, 5.74) is 0. The molecule has 24 heavy (non-hydrogen) atoms. The van der Waals surface area contributed by atoms with Gasteiger partial charge in [-0.15, -0.1) is 0 Å². The van der Waals surface area contributed by atoms with Gasteiger partial charge < -0.3 is 0 Å². The molecule has 6 atom stereocenters. The van der Waals surface area contributed by atoms with Crippen molar-refractivity contribution in [1.29, 1.82) is 0 Å². The van der Waals surface area contributed by atoms with Crippen LogP contribution >= 0.6 is 0 Å². The summed E-state index contributed by atoms with van der Waals surface area (Å²) >= 11 is 0.404. The monoisotopic (exact) mass is 392 g/mol. The Bertz CT molecular complexity index is 697. The van der Waals surface area contributed by atoms with Crippen molar-refractivity contribution in [2.24, 2.45) is 11.8 Å². The maximum absolute atomic E-state index is 12.4. The molecule has 2 amide bonds. The molecule has 0 N–H and O–H groups in total. The van der Waals surface area contributed by atoms with Crippen LogP contribution in [0.2, 0.25) is 4.82 Å². The van der Waals surface area contributed by atoms with Gasteiger partial charge in [-0.1, -0.05) is 0 Å². The van der Waals surface area contributed by atoms with E-state index in [9.17, 15) is 9.59 Å². The van der Waals surface area contributed by atoms with Crippen LogP contribution in [0.4, 0.5) is 0 Å². The van der Waals surface area contributed by atoms with Crippen molar-refractivity contribution in [1.82, 2.24) is 9.96 Å². The fraction of sp³-hybridized carbons (Fsp3) is 0.556. The summed E-state index contributed by atoms with van der Waals surface area (Å²) in [7, 11) is 1.58. The van der Waals surface area contributed by atoms with E-state index < -0.39 is 6.10 Å². The number of carbonyl (C=O) groups is 2. The summed E-state index contributed by atoms with van der Waals surface area (Å²) in [5.74, 6) is 0.111. The molecule has 126 valence electrons. The van der Waals surface area contributed by atoms with Crippen LogP contribution < -0.4 is 4.46 Å². The molecule has 6 heteroatoms. The number of fused-ring (bicyclic) bond motifs is 5. The molecule has 3 aliphatic heterocycles. The molecule has 3 saturated heterocycles. The van der Waals surface area contributed by atoms with Gasteiger partial charge in [-0.25, -0.2) is 0 Å². The molecule has 4 fully saturated rings. The summed E-state index contributed by atoms with van der Waals surface area (Å²) in [6.07, 6.45) is 2.88. The van der Waals surface area contributed by atoms with Crippen molar-refractivity contribution in [3.63, 3.8) is 0 Å². The predicted octanol–water partition coefficient (Wildman–Crippen LogP) is 0.586. The third kappa shape index (κ3) is 2.00. The molecule has 0 bridgehead atoms. The Balaban J connectivity index is 1.39. The van der Waals surface area contributed by atoms with Crippen LogP contribution in [0.3, 0.4) is 0 Å². The second kappa shape index (κ2) is 5.40. The van der Waals surface area contributed by atoms with Gasteiger partial charge in [0.2, 0.25) is 0 Å². The summed E-state index contributed by atoms with van der Waals surface area (Å²) in [6.45, 7) is 0. The van der Waals surface area contributed by atoms with Gasteiger partial charge in [0, 0.05) is 0 Å². The Morgan fingerprint density at radius 3 is 2.71 bits per heavy atom. The van der Waals surface area contributed by atoms with Crippen molar-refractivity contribution >= 4 is 31.2 Å². The number of likely N-dealkylation sites (N-methyl/N-ethyl adjacent to an activating group) is 1. The van der Waals surface area contributed by atoms with Gasteiger partial charge >= 0.3 is 147 Å². The molecule has 0 spiro atoms. The zero-order valence-electron chi connectivity index (χ0n) is 13.5. The summed E-state index contributed by atoms with van der Waals surface area (Å²) < 4.78 is 1.42. The molecule has 1 saturated carbocycles. The first kappa shape index (κ1) is 15.1. The molecule has 1 aromatic rings. The summed E-state index contributed by atoms with van der Waals surface area (Å²) in [5, 5.41) is 2.07. The first-order valence-electron chi connectivity index (χ1n) is 8.63. The van der Waals surface area contributed by atoms with Gasteiger partial charge in [-0.3, -0.25) is 0 Å². The first-order valence-corrected chi connectivity index (χ1v) is 10.5. The van der Waals surface area contributed by atoms with Crippen molar-refractivity contribution < 1.29 is 14.4 Å². The quantitative estimate of drug-likeness (QED) is 0.547. The number of hydrogen-bond donors (Lipinski definition) is 0. The van der Waals surface area contributed by atoms with E-state index in [1.54, 1.807) is 7.05 Å². The second-order valence-corrected chi connectivity index (χ2v) is 10.0. The van der Waals surface area contributed by atoms with Crippen LogP contribution in [-0.2, 0) is 14.4 Å². The molecule has 4 aliphatic rings. The van der Waals surface area contributed by atoms with E-state index in [0.717, 1.165) is 6.42 Å².